The fraction of sp³-hybridized carbons (Fsp3) is 0.444. The molecule has 1 fully saturated rings. The molecule has 0 aromatic heterocycles. The molecule has 3 nitrogen and oxygen atoms in total. The lowest BCUT2D eigenvalue weighted by atomic mass is 10.0. The number of piperidine rings is 1. The van der Waals surface area contributed by atoms with Crippen LogP contribution in [0.3, 0.4) is 0 Å². The highest BCUT2D eigenvalue weighted by Crippen LogP contribution is 2.32. The molecule has 1 aliphatic rings. The maximum Gasteiger partial charge on any atom is 0.243 e. The van der Waals surface area contributed by atoms with Gasteiger partial charge in [-0.05, 0) is 43.2 Å². The van der Waals surface area contributed by atoms with Crippen molar-refractivity contribution >= 4 is 20.8 Å². The summed E-state index contributed by atoms with van der Waals surface area (Å²) in [5, 5.41) is 1.86. The van der Waals surface area contributed by atoms with Gasteiger partial charge in [-0.2, -0.15) is 4.31 Å². The van der Waals surface area contributed by atoms with Gasteiger partial charge in [0, 0.05) is 18.0 Å². The van der Waals surface area contributed by atoms with Crippen LogP contribution in [-0.4, -0.2) is 25.3 Å². The Bertz CT molecular complexity index is 783. The standard InChI is InChI=1S/C18H23NO2S/c1-3-15-8-6-7-13-19(15)22(20,21)18-12-11-14(2)16-9-4-5-10-17(16)18/h4-5,9-12,15H,3,6-8,13H2,1-2H3. The smallest absolute Gasteiger partial charge is 0.207 e. The van der Waals surface area contributed by atoms with E-state index in [0.717, 1.165) is 42.0 Å². The minimum absolute atomic E-state index is 0.138. The SMILES string of the molecule is CCC1CCCCN1S(=O)(=O)c1ccc(C)c2ccccc12. The number of hydrogen-bond acceptors (Lipinski definition) is 2. The molecule has 1 saturated heterocycles. The van der Waals surface area contributed by atoms with Crippen LogP contribution in [0.4, 0.5) is 0 Å². The summed E-state index contributed by atoms with van der Waals surface area (Å²) in [6, 6.07) is 11.6. The van der Waals surface area contributed by atoms with Crippen LogP contribution in [0.25, 0.3) is 10.8 Å². The molecule has 0 amide bonds. The molecule has 3 rings (SSSR count). The monoisotopic (exact) mass is 317 g/mol. The average Bonchev–Trinajstić information content (AvgIpc) is 2.55. The normalized spacial score (nSPS) is 20.4. The van der Waals surface area contributed by atoms with Crippen LogP contribution in [0.5, 0.6) is 0 Å². The van der Waals surface area contributed by atoms with Crippen molar-refractivity contribution in [2.45, 2.75) is 50.5 Å². The summed E-state index contributed by atoms with van der Waals surface area (Å²) in [5.41, 5.74) is 1.11. The van der Waals surface area contributed by atoms with Gasteiger partial charge in [0.15, 0.2) is 0 Å². The van der Waals surface area contributed by atoms with Gasteiger partial charge < -0.3 is 0 Å². The average molecular weight is 317 g/mol. The van der Waals surface area contributed by atoms with E-state index in [2.05, 4.69) is 6.92 Å². The molecule has 2 aromatic rings. The first-order valence-corrected chi connectivity index (χ1v) is 9.50. The third kappa shape index (κ3) is 2.55. The Kier molecular flexibility index (Phi) is 4.24. The fourth-order valence-corrected chi connectivity index (χ4v) is 5.44. The van der Waals surface area contributed by atoms with Crippen LogP contribution in [0, 0.1) is 6.92 Å². The van der Waals surface area contributed by atoms with E-state index in [1.165, 1.54) is 0 Å². The molecule has 0 bridgehead atoms. The summed E-state index contributed by atoms with van der Waals surface area (Å²) in [5.74, 6) is 0. The molecule has 0 saturated carbocycles. The predicted octanol–water partition coefficient (Wildman–Crippen LogP) is 4.10. The van der Waals surface area contributed by atoms with E-state index in [1.807, 2.05) is 37.3 Å². The van der Waals surface area contributed by atoms with Crippen molar-refractivity contribution in [3.05, 3.63) is 42.0 Å². The number of rotatable bonds is 3. The quantitative estimate of drug-likeness (QED) is 0.854. The van der Waals surface area contributed by atoms with Crippen molar-refractivity contribution in [1.82, 2.24) is 4.31 Å². The number of nitrogens with zero attached hydrogens (tertiary/aromatic N) is 1. The number of aryl methyl sites for hydroxylation is 1. The first kappa shape index (κ1) is 15.5. The van der Waals surface area contributed by atoms with Gasteiger partial charge in [0.2, 0.25) is 10.0 Å². The van der Waals surface area contributed by atoms with E-state index in [-0.39, 0.29) is 6.04 Å². The largest absolute Gasteiger partial charge is 0.243 e. The highest BCUT2D eigenvalue weighted by molar-refractivity contribution is 7.89. The van der Waals surface area contributed by atoms with Crippen LogP contribution in [-0.2, 0) is 10.0 Å². The topological polar surface area (TPSA) is 37.4 Å². The number of hydrogen-bond donors (Lipinski definition) is 0. The second kappa shape index (κ2) is 6.01. The molecule has 4 heteroatoms. The third-order valence-electron chi connectivity index (χ3n) is 4.73. The van der Waals surface area contributed by atoms with Gasteiger partial charge >= 0.3 is 0 Å². The lowest BCUT2D eigenvalue weighted by Crippen LogP contribution is -2.43. The molecule has 2 aromatic carbocycles. The predicted molar refractivity (Wildman–Crippen MR) is 90.5 cm³/mol. The lowest BCUT2D eigenvalue weighted by molar-refractivity contribution is 0.247. The van der Waals surface area contributed by atoms with Crippen molar-refractivity contribution in [2.75, 3.05) is 6.54 Å². The number of benzene rings is 2. The molecule has 0 aliphatic carbocycles. The fourth-order valence-electron chi connectivity index (χ4n) is 3.47. The van der Waals surface area contributed by atoms with Crippen LogP contribution < -0.4 is 0 Å². The zero-order valence-electron chi connectivity index (χ0n) is 13.2. The van der Waals surface area contributed by atoms with Gasteiger partial charge in [-0.3, -0.25) is 0 Å². The molecule has 1 heterocycles. The van der Waals surface area contributed by atoms with Crippen molar-refractivity contribution in [1.29, 1.82) is 0 Å². The molecule has 1 unspecified atom stereocenters. The summed E-state index contributed by atoms with van der Waals surface area (Å²) in [4.78, 5) is 0.453. The van der Waals surface area contributed by atoms with Crippen LogP contribution >= 0.6 is 0 Å². The molecule has 118 valence electrons. The molecule has 0 radical (unpaired) electrons. The van der Waals surface area contributed by atoms with Crippen LogP contribution in [0.1, 0.15) is 38.2 Å². The molecule has 1 atom stereocenters. The minimum atomic E-state index is -3.43. The summed E-state index contributed by atoms with van der Waals surface area (Å²) >= 11 is 0. The van der Waals surface area contributed by atoms with E-state index < -0.39 is 10.0 Å². The van der Waals surface area contributed by atoms with E-state index in [1.54, 1.807) is 10.4 Å². The van der Waals surface area contributed by atoms with Gasteiger partial charge in [0.25, 0.3) is 0 Å². The molecular formula is C18H23NO2S. The van der Waals surface area contributed by atoms with Crippen molar-refractivity contribution < 1.29 is 8.42 Å². The third-order valence-corrected chi connectivity index (χ3v) is 6.74. The molecule has 0 N–H and O–H groups in total. The van der Waals surface area contributed by atoms with Crippen LogP contribution in [0.15, 0.2) is 41.3 Å². The molecule has 0 spiro atoms. The summed E-state index contributed by atoms with van der Waals surface area (Å²) in [6.45, 7) is 4.74. The zero-order chi connectivity index (χ0) is 15.7. The van der Waals surface area contributed by atoms with E-state index >= 15 is 0 Å². The van der Waals surface area contributed by atoms with Crippen molar-refractivity contribution in [3.63, 3.8) is 0 Å². The Hall–Kier alpha value is -1.39. The maximum absolute atomic E-state index is 13.2. The summed E-state index contributed by atoms with van der Waals surface area (Å²) < 4.78 is 28.1. The van der Waals surface area contributed by atoms with E-state index in [9.17, 15) is 8.42 Å². The Morgan fingerprint density at radius 1 is 1.09 bits per heavy atom. The Balaban J connectivity index is 2.15. The highest BCUT2D eigenvalue weighted by Gasteiger charge is 2.33. The second-order valence-corrected chi connectivity index (χ2v) is 7.96. The maximum atomic E-state index is 13.2. The molecular weight excluding hydrogens is 294 g/mol. The van der Waals surface area contributed by atoms with Gasteiger partial charge in [-0.25, -0.2) is 8.42 Å². The minimum Gasteiger partial charge on any atom is -0.207 e. The van der Waals surface area contributed by atoms with Gasteiger partial charge in [0.05, 0.1) is 4.90 Å². The lowest BCUT2D eigenvalue weighted by Gasteiger charge is -2.34. The van der Waals surface area contributed by atoms with E-state index in [4.69, 9.17) is 0 Å². The second-order valence-electron chi connectivity index (χ2n) is 6.10. The zero-order valence-corrected chi connectivity index (χ0v) is 14.1. The van der Waals surface area contributed by atoms with E-state index in [0.29, 0.717) is 11.4 Å². The van der Waals surface area contributed by atoms with Gasteiger partial charge in [-0.15, -0.1) is 0 Å². The van der Waals surface area contributed by atoms with Crippen molar-refractivity contribution in [2.24, 2.45) is 0 Å². The number of sulfonamides is 1. The number of fused-ring (bicyclic) bond motifs is 1. The Morgan fingerprint density at radius 3 is 2.55 bits per heavy atom. The summed E-state index contributed by atoms with van der Waals surface area (Å²) in [6.07, 6.45) is 3.93. The van der Waals surface area contributed by atoms with Crippen molar-refractivity contribution in [3.8, 4) is 0 Å². The summed E-state index contributed by atoms with van der Waals surface area (Å²) in [7, 11) is -3.43. The first-order valence-electron chi connectivity index (χ1n) is 8.06. The first-order chi connectivity index (χ1) is 10.6. The molecule has 1 aliphatic heterocycles. The highest BCUT2D eigenvalue weighted by atomic mass is 32.2. The molecule has 22 heavy (non-hydrogen) atoms. The Morgan fingerprint density at radius 2 is 1.82 bits per heavy atom. The van der Waals surface area contributed by atoms with Gasteiger partial charge in [-0.1, -0.05) is 43.7 Å². The van der Waals surface area contributed by atoms with Gasteiger partial charge in [0.1, 0.15) is 0 Å². The Labute approximate surface area is 133 Å². The van der Waals surface area contributed by atoms with Crippen LogP contribution in [0.2, 0.25) is 0 Å².